The molecule has 106 valence electrons. The van der Waals surface area contributed by atoms with Gasteiger partial charge in [-0.25, -0.2) is 12.8 Å². The monoisotopic (exact) mass is 289 g/mol. The summed E-state index contributed by atoms with van der Waals surface area (Å²) in [6.07, 6.45) is 1.15. The predicted octanol–water partition coefficient (Wildman–Crippen LogP) is -1.02. The molecule has 1 aromatic rings. The second-order valence-corrected chi connectivity index (χ2v) is 6.84. The van der Waals surface area contributed by atoms with E-state index < -0.39 is 22.8 Å². The van der Waals surface area contributed by atoms with E-state index in [2.05, 4.69) is 0 Å². The SMILES string of the molecule is CN(CCS(C)(=O)=O)Cc1ccc(F)cc1B(O)O. The quantitative estimate of drug-likeness (QED) is 0.656. The van der Waals surface area contributed by atoms with E-state index in [4.69, 9.17) is 0 Å². The van der Waals surface area contributed by atoms with Crippen molar-refractivity contribution in [1.82, 2.24) is 4.90 Å². The lowest BCUT2D eigenvalue weighted by atomic mass is 9.77. The first-order chi connectivity index (χ1) is 8.69. The first kappa shape index (κ1) is 16.1. The van der Waals surface area contributed by atoms with Crippen LogP contribution in [0.5, 0.6) is 0 Å². The number of hydrogen-bond acceptors (Lipinski definition) is 5. The average molecular weight is 289 g/mol. The lowest BCUT2D eigenvalue weighted by molar-refractivity contribution is 0.346. The topological polar surface area (TPSA) is 77.8 Å². The Morgan fingerprint density at radius 3 is 2.53 bits per heavy atom. The number of nitrogens with zero attached hydrogens (tertiary/aromatic N) is 1. The molecule has 0 aliphatic heterocycles. The summed E-state index contributed by atoms with van der Waals surface area (Å²) in [5.41, 5.74) is 0.638. The first-order valence-electron chi connectivity index (χ1n) is 5.70. The zero-order chi connectivity index (χ0) is 14.6. The highest BCUT2D eigenvalue weighted by atomic mass is 32.2. The Bertz CT molecular complexity index is 535. The third-order valence-electron chi connectivity index (χ3n) is 2.67. The molecule has 0 saturated heterocycles. The van der Waals surface area contributed by atoms with E-state index in [-0.39, 0.29) is 11.2 Å². The van der Waals surface area contributed by atoms with Crippen LogP contribution in [0.4, 0.5) is 4.39 Å². The predicted molar refractivity (Wildman–Crippen MR) is 72.3 cm³/mol. The lowest BCUT2D eigenvalue weighted by Crippen LogP contribution is -2.36. The van der Waals surface area contributed by atoms with E-state index in [1.807, 2.05) is 0 Å². The average Bonchev–Trinajstić information content (AvgIpc) is 2.28. The molecule has 0 spiro atoms. The Hall–Kier alpha value is -0.955. The van der Waals surface area contributed by atoms with E-state index in [0.717, 1.165) is 12.3 Å². The van der Waals surface area contributed by atoms with Crippen LogP contribution in [0.3, 0.4) is 0 Å². The van der Waals surface area contributed by atoms with Crippen LogP contribution < -0.4 is 5.46 Å². The molecule has 0 aliphatic carbocycles. The standard InChI is InChI=1S/C11H17BFNO4S/c1-14(5-6-19(2,17)18)8-9-3-4-10(13)7-11(9)12(15)16/h3-4,7,15-16H,5-6,8H2,1-2H3. The van der Waals surface area contributed by atoms with Gasteiger partial charge in [-0.15, -0.1) is 0 Å². The van der Waals surface area contributed by atoms with E-state index in [1.165, 1.54) is 12.1 Å². The van der Waals surface area contributed by atoms with Crippen molar-refractivity contribution in [3.05, 3.63) is 29.6 Å². The van der Waals surface area contributed by atoms with Gasteiger partial charge in [-0.1, -0.05) is 6.07 Å². The molecular weight excluding hydrogens is 272 g/mol. The molecule has 8 heteroatoms. The van der Waals surface area contributed by atoms with E-state index >= 15 is 0 Å². The molecule has 19 heavy (non-hydrogen) atoms. The fourth-order valence-electron chi connectivity index (χ4n) is 1.64. The van der Waals surface area contributed by atoms with E-state index in [0.29, 0.717) is 18.7 Å². The van der Waals surface area contributed by atoms with Gasteiger partial charge in [0, 0.05) is 19.3 Å². The van der Waals surface area contributed by atoms with Gasteiger partial charge < -0.3 is 14.9 Å². The Kier molecular flexibility index (Phi) is 5.48. The maximum Gasteiger partial charge on any atom is 0.488 e. The minimum Gasteiger partial charge on any atom is -0.423 e. The van der Waals surface area contributed by atoms with Crippen molar-refractivity contribution in [3.63, 3.8) is 0 Å². The molecule has 0 bridgehead atoms. The highest BCUT2D eigenvalue weighted by Gasteiger charge is 2.18. The Balaban J connectivity index is 2.76. The largest absolute Gasteiger partial charge is 0.488 e. The van der Waals surface area contributed by atoms with Gasteiger partial charge in [-0.2, -0.15) is 0 Å². The molecule has 5 nitrogen and oxygen atoms in total. The fraction of sp³-hybridized carbons (Fsp3) is 0.455. The summed E-state index contributed by atoms with van der Waals surface area (Å²) in [5.74, 6) is -0.535. The van der Waals surface area contributed by atoms with Gasteiger partial charge in [0.25, 0.3) is 0 Å². The van der Waals surface area contributed by atoms with Crippen LogP contribution in [0.2, 0.25) is 0 Å². The molecule has 0 unspecified atom stereocenters. The van der Waals surface area contributed by atoms with Gasteiger partial charge in [-0.05, 0) is 30.2 Å². The molecular formula is C11H17BFNO4S. The fourth-order valence-corrected chi connectivity index (χ4v) is 2.28. The van der Waals surface area contributed by atoms with Crippen LogP contribution in [0, 0.1) is 5.82 Å². The van der Waals surface area contributed by atoms with Gasteiger partial charge in [-0.3, -0.25) is 0 Å². The molecule has 1 rings (SSSR count). The second-order valence-electron chi connectivity index (χ2n) is 4.58. The van der Waals surface area contributed by atoms with Gasteiger partial charge in [0.05, 0.1) is 5.75 Å². The number of sulfone groups is 1. The van der Waals surface area contributed by atoms with Crippen molar-refractivity contribution < 1.29 is 22.9 Å². The van der Waals surface area contributed by atoms with E-state index in [9.17, 15) is 22.9 Å². The summed E-state index contributed by atoms with van der Waals surface area (Å²) >= 11 is 0. The highest BCUT2D eigenvalue weighted by molar-refractivity contribution is 7.90. The van der Waals surface area contributed by atoms with Crippen LogP contribution in [-0.2, 0) is 16.4 Å². The van der Waals surface area contributed by atoms with Gasteiger partial charge in [0.2, 0.25) is 0 Å². The molecule has 0 aliphatic rings. The number of benzene rings is 1. The van der Waals surface area contributed by atoms with Crippen LogP contribution in [0.15, 0.2) is 18.2 Å². The molecule has 0 heterocycles. The van der Waals surface area contributed by atoms with Gasteiger partial charge in [0.15, 0.2) is 0 Å². The summed E-state index contributed by atoms with van der Waals surface area (Å²) < 4.78 is 35.1. The third kappa shape index (κ3) is 5.69. The number of rotatable bonds is 6. The molecule has 0 radical (unpaired) electrons. The van der Waals surface area contributed by atoms with Crippen LogP contribution >= 0.6 is 0 Å². The van der Waals surface area contributed by atoms with Crippen LogP contribution in [-0.4, -0.2) is 56.1 Å². The maximum atomic E-state index is 13.0. The maximum absolute atomic E-state index is 13.0. The molecule has 2 N–H and O–H groups in total. The van der Waals surface area contributed by atoms with Crippen molar-refractivity contribution in [3.8, 4) is 0 Å². The molecule has 0 atom stereocenters. The molecule has 0 saturated carbocycles. The van der Waals surface area contributed by atoms with Crippen molar-refractivity contribution >= 4 is 22.4 Å². The molecule has 0 amide bonds. The highest BCUT2D eigenvalue weighted by Crippen LogP contribution is 2.05. The van der Waals surface area contributed by atoms with E-state index in [1.54, 1.807) is 11.9 Å². The van der Waals surface area contributed by atoms with Crippen molar-refractivity contribution in [2.45, 2.75) is 6.54 Å². The molecule has 0 aromatic heterocycles. The summed E-state index contributed by atoms with van der Waals surface area (Å²) in [6.45, 7) is 0.625. The Labute approximate surface area is 112 Å². The minimum atomic E-state index is -3.05. The van der Waals surface area contributed by atoms with Gasteiger partial charge >= 0.3 is 7.12 Å². The zero-order valence-corrected chi connectivity index (χ0v) is 11.7. The zero-order valence-electron chi connectivity index (χ0n) is 10.9. The summed E-state index contributed by atoms with van der Waals surface area (Å²) in [6, 6.07) is 3.75. The van der Waals surface area contributed by atoms with Crippen LogP contribution in [0.25, 0.3) is 0 Å². The smallest absolute Gasteiger partial charge is 0.423 e. The minimum absolute atomic E-state index is 0.0156. The number of hydrogen-bond donors (Lipinski definition) is 2. The van der Waals surface area contributed by atoms with Crippen molar-refractivity contribution in [2.75, 3.05) is 25.6 Å². The normalized spacial score (nSPS) is 11.9. The Morgan fingerprint density at radius 2 is 2.00 bits per heavy atom. The molecule has 0 fully saturated rings. The first-order valence-corrected chi connectivity index (χ1v) is 7.76. The van der Waals surface area contributed by atoms with Crippen molar-refractivity contribution in [2.24, 2.45) is 0 Å². The summed E-state index contributed by atoms with van der Waals surface area (Å²) in [5, 5.41) is 18.4. The third-order valence-corrected chi connectivity index (χ3v) is 3.59. The summed E-state index contributed by atoms with van der Waals surface area (Å²) in [4.78, 5) is 1.72. The van der Waals surface area contributed by atoms with Crippen LogP contribution in [0.1, 0.15) is 5.56 Å². The summed E-state index contributed by atoms with van der Waals surface area (Å²) in [7, 11) is -3.09. The number of halogens is 1. The Morgan fingerprint density at radius 1 is 1.37 bits per heavy atom. The van der Waals surface area contributed by atoms with Gasteiger partial charge in [0.1, 0.15) is 15.7 Å². The molecule has 1 aromatic carbocycles. The lowest BCUT2D eigenvalue weighted by Gasteiger charge is -2.18. The van der Waals surface area contributed by atoms with Crippen molar-refractivity contribution in [1.29, 1.82) is 0 Å². The second kappa shape index (κ2) is 6.47.